The van der Waals surface area contributed by atoms with Gasteiger partial charge in [0.15, 0.2) is 0 Å². The Morgan fingerprint density at radius 3 is 0.881 bits per heavy atom. The number of hydrogen-bond acceptors (Lipinski definition) is 9. The normalized spacial score (nSPS) is 15.9. The highest BCUT2D eigenvalue weighted by Crippen LogP contribution is 2.29. The Morgan fingerprint density at radius 1 is 0.452 bits per heavy atom. The number of phenols is 3. The molecule has 0 bridgehead atoms. The Kier molecular flexibility index (Phi) is 10.8. The largest absolute Gasteiger partial charge is 0.507 e. The number of nitrogens with two attached hydrogens (primary N) is 3. The van der Waals surface area contributed by atoms with Gasteiger partial charge in [0.1, 0.15) is 17.2 Å². The summed E-state index contributed by atoms with van der Waals surface area (Å²) in [7, 11) is 0. The van der Waals surface area contributed by atoms with E-state index in [1.165, 1.54) is 0 Å². The second-order valence-electron chi connectivity index (χ2n) is 11.7. The predicted molar refractivity (Wildman–Crippen MR) is 168 cm³/mol. The fourth-order valence-corrected chi connectivity index (χ4v) is 6.01. The van der Waals surface area contributed by atoms with Gasteiger partial charge in [-0.15, -0.1) is 0 Å². The minimum atomic E-state index is 0.273. The Bertz CT molecular complexity index is 1200. The fraction of sp³-hybridized carbons (Fsp3) is 0.455. The quantitative estimate of drug-likeness (QED) is 0.226. The minimum absolute atomic E-state index is 0.273. The maximum Gasteiger partial charge on any atom is 0.124 e. The van der Waals surface area contributed by atoms with Crippen molar-refractivity contribution < 1.29 is 15.3 Å². The zero-order chi connectivity index (χ0) is 30.4. The van der Waals surface area contributed by atoms with Crippen molar-refractivity contribution in [3.8, 4) is 17.2 Å². The first-order valence-electron chi connectivity index (χ1n) is 14.8. The van der Waals surface area contributed by atoms with Gasteiger partial charge >= 0.3 is 0 Å². The number of benzene rings is 3. The number of hydrogen-bond donors (Lipinski definition) is 6. The molecule has 0 atom stereocenters. The van der Waals surface area contributed by atoms with Crippen molar-refractivity contribution in [1.29, 1.82) is 0 Å². The van der Waals surface area contributed by atoms with Crippen LogP contribution in [0.1, 0.15) is 50.1 Å². The molecule has 0 aliphatic carbocycles. The van der Waals surface area contributed by atoms with Crippen molar-refractivity contribution in [2.75, 3.05) is 39.3 Å². The van der Waals surface area contributed by atoms with Crippen molar-refractivity contribution in [2.24, 2.45) is 17.2 Å². The van der Waals surface area contributed by atoms with E-state index in [1.807, 2.05) is 57.2 Å². The van der Waals surface area contributed by atoms with Gasteiger partial charge in [-0.2, -0.15) is 0 Å². The molecule has 228 valence electrons. The van der Waals surface area contributed by atoms with Crippen LogP contribution in [-0.4, -0.2) is 69.3 Å². The van der Waals surface area contributed by atoms with Gasteiger partial charge in [-0.1, -0.05) is 53.1 Å². The van der Waals surface area contributed by atoms with E-state index in [0.29, 0.717) is 19.6 Å². The van der Waals surface area contributed by atoms with E-state index in [1.54, 1.807) is 0 Å². The lowest BCUT2D eigenvalue weighted by molar-refractivity contribution is 0.207. The van der Waals surface area contributed by atoms with E-state index in [9.17, 15) is 15.3 Å². The Morgan fingerprint density at radius 2 is 0.667 bits per heavy atom. The van der Waals surface area contributed by atoms with Gasteiger partial charge in [-0.3, -0.25) is 14.7 Å². The molecule has 3 aromatic carbocycles. The summed E-state index contributed by atoms with van der Waals surface area (Å²) in [6.07, 6.45) is 0. The molecule has 9 nitrogen and oxygen atoms in total. The number of rotatable bonds is 9. The molecule has 1 aliphatic heterocycles. The molecule has 3 aromatic rings. The summed E-state index contributed by atoms with van der Waals surface area (Å²) >= 11 is 0. The molecular formula is C33H48N6O3. The summed E-state index contributed by atoms with van der Waals surface area (Å²) < 4.78 is 0. The Labute approximate surface area is 250 Å². The van der Waals surface area contributed by atoms with Gasteiger partial charge < -0.3 is 32.5 Å². The van der Waals surface area contributed by atoms with Crippen LogP contribution in [0.4, 0.5) is 0 Å². The lowest BCUT2D eigenvalue weighted by Gasteiger charge is -2.27. The lowest BCUT2D eigenvalue weighted by atomic mass is 10.0. The predicted octanol–water partition coefficient (Wildman–Crippen LogP) is 2.92. The van der Waals surface area contributed by atoms with E-state index >= 15 is 0 Å². The van der Waals surface area contributed by atoms with E-state index in [0.717, 1.165) is 89.3 Å². The molecule has 0 amide bonds. The average molecular weight is 577 g/mol. The van der Waals surface area contributed by atoms with Crippen LogP contribution >= 0.6 is 0 Å². The first kappa shape index (κ1) is 31.7. The van der Waals surface area contributed by atoms with Crippen LogP contribution in [0.5, 0.6) is 17.2 Å². The van der Waals surface area contributed by atoms with E-state index in [-0.39, 0.29) is 36.9 Å². The smallest absolute Gasteiger partial charge is 0.124 e. The zero-order valence-corrected chi connectivity index (χ0v) is 25.4. The van der Waals surface area contributed by atoms with E-state index < -0.39 is 0 Å². The minimum Gasteiger partial charge on any atom is -0.507 e. The average Bonchev–Trinajstić information content (AvgIpc) is 3.05. The molecule has 0 spiro atoms. The highest BCUT2D eigenvalue weighted by Gasteiger charge is 2.21. The van der Waals surface area contributed by atoms with Gasteiger partial charge in [0, 0.05) is 112 Å². The van der Waals surface area contributed by atoms with Crippen molar-refractivity contribution in [3.05, 3.63) is 86.5 Å². The molecule has 9 heteroatoms. The maximum atomic E-state index is 10.9. The standard InChI is InChI=1S/C33H48N6O3/c1-22-10-25(16-34)31(40)28(13-22)19-37-4-6-38(20-29-14-23(2)11-26(17-35)32(29)41)8-9-39(7-5-37)21-30-15-24(3)12-27(18-36)33(30)42/h10-15,40-42H,4-9,16-21,34-36H2,1-3H3. The van der Waals surface area contributed by atoms with Gasteiger partial charge in [-0.05, 0) is 20.8 Å². The van der Waals surface area contributed by atoms with Gasteiger partial charge in [0.05, 0.1) is 0 Å². The second kappa shape index (κ2) is 14.3. The number of aryl methyl sites for hydroxylation is 3. The molecular weight excluding hydrogens is 528 g/mol. The Hall–Kier alpha value is -3.18. The van der Waals surface area contributed by atoms with Gasteiger partial charge in [0.2, 0.25) is 0 Å². The maximum absolute atomic E-state index is 10.9. The highest BCUT2D eigenvalue weighted by molar-refractivity contribution is 5.45. The molecule has 0 unspecified atom stereocenters. The third kappa shape index (κ3) is 7.80. The van der Waals surface area contributed by atoms with Crippen molar-refractivity contribution in [3.63, 3.8) is 0 Å². The van der Waals surface area contributed by atoms with Crippen molar-refractivity contribution in [2.45, 2.75) is 60.0 Å². The molecule has 0 aromatic heterocycles. The summed E-state index contributed by atoms with van der Waals surface area (Å²) in [5.41, 5.74) is 25.9. The summed E-state index contributed by atoms with van der Waals surface area (Å²) in [4.78, 5) is 7.09. The molecule has 4 rings (SSSR count). The number of aromatic hydroxyl groups is 3. The van der Waals surface area contributed by atoms with E-state index in [2.05, 4.69) is 14.7 Å². The second-order valence-corrected chi connectivity index (χ2v) is 11.7. The number of phenolic OH excluding ortho intramolecular Hbond substituents is 3. The molecule has 0 saturated carbocycles. The summed E-state index contributed by atoms with van der Waals surface area (Å²) in [5.74, 6) is 0.819. The van der Waals surface area contributed by atoms with Crippen LogP contribution in [0.15, 0.2) is 36.4 Å². The molecule has 42 heavy (non-hydrogen) atoms. The lowest BCUT2D eigenvalue weighted by Crippen LogP contribution is -2.35. The highest BCUT2D eigenvalue weighted by atomic mass is 16.3. The summed E-state index contributed by atoms with van der Waals surface area (Å²) in [6, 6.07) is 11.9. The Balaban J connectivity index is 1.61. The first-order chi connectivity index (χ1) is 20.1. The van der Waals surface area contributed by atoms with Crippen molar-refractivity contribution in [1.82, 2.24) is 14.7 Å². The molecule has 1 heterocycles. The van der Waals surface area contributed by atoms with Crippen molar-refractivity contribution >= 4 is 0 Å². The van der Waals surface area contributed by atoms with Gasteiger partial charge in [0.25, 0.3) is 0 Å². The third-order valence-electron chi connectivity index (χ3n) is 8.28. The van der Waals surface area contributed by atoms with Gasteiger partial charge in [-0.25, -0.2) is 0 Å². The van der Waals surface area contributed by atoms with Crippen LogP contribution in [0, 0.1) is 20.8 Å². The SMILES string of the molecule is Cc1cc(CN)c(O)c(CN2CCN(Cc3cc(C)cc(CN)c3O)CCN(Cc3cc(C)cc(CN)c3O)CC2)c1. The summed E-state index contributed by atoms with van der Waals surface area (Å²) in [5, 5.41) is 32.8. The molecule has 9 N–H and O–H groups in total. The molecule has 1 saturated heterocycles. The van der Waals surface area contributed by atoms with Crippen LogP contribution in [-0.2, 0) is 39.3 Å². The monoisotopic (exact) mass is 576 g/mol. The topological polar surface area (TPSA) is 148 Å². The molecule has 0 radical (unpaired) electrons. The number of nitrogens with zero attached hydrogens (tertiary/aromatic N) is 3. The van der Waals surface area contributed by atoms with Crippen LogP contribution in [0.2, 0.25) is 0 Å². The van der Waals surface area contributed by atoms with E-state index in [4.69, 9.17) is 17.2 Å². The molecule has 1 aliphatic rings. The summed E-state index contributed by atoms with van der Waals surface area (Å²) in [6.45, 7) is 13.5. The zero-order valence-electron chi connectivity index (χ0n) is 25.4. The fourth-order valence-electron chi connectivity index (χ4n) is 6.01. The van der Waals surface area contributed by atoms with Crippen LogP contribution in [0.3, 0.4) is 0 Å². The third-order valence-corrected chi connectivity index (χ3v) is 8.28. The first-order valence-corrected chi connectivity index (χ1v) is 14.8. The molecule has 1 fully saturated rings. The van der Waals surface area contributed by atoms with Crippen LogP contribution < -0.4 is 17.2 Å². The van der Waals surface area contributed by atoms with Crippen LogP contribution in [0.25, 0.3) is 0 Å².